The molecule has 0 saturated heterocycles. The Kier molecular flexibility index (Phi) is 6.96. The van der Waals surface area contributed by atoms with Crippen LogP contribution in [0.15, 0.2) is 40.9 Å². The van der Waals surface area contributed by atoms with Gasteiger partial charge in [0.1, 0.15) is 30.6 Å². The maximum atomic E-state index is 14.3. The fourth-order valence-electron chi connectivity index (χ4n) is 3.58. The molecule has 2 aromatic rings. The highest BCUT2D eigenvalue weighted by atomic mass is 79.9. The van der Waals surface area contributed by atoms with Gasteiger partial charge in [-0.1, -0.05) is 41.9 Å². The van der Waals surface area contributed by atoms with E-state index in [9.17, 15) is 9.50 Å². The molecule has 152 valence electrons. The summed E-state index contributed by atoms with van der Waals surface area (Å²) in [6, 6.07) is 10.4. The molecule has 3 atom stereocenters. The van der Waals surface area contributed by atoms with E-state index in [0.717, 1.165) is 0 Å². The third-order valence-corrected chi connectivity index (χ3v) is 6.27. The molecule has 0 bridgehead atoms. The van der Waals surface area contributed by atoms with Crippen LogP contribution in [-0.2, 0) is 15.1 Å². The van der Waals surface area contributed by atoms with Crippen LogP contribution in [-0.4, -0.2) is 31.7 Å². The fourth-order valence-corrected chi connectivity index (χ4v) is 4.33. The van der Waals surface area contributed by atoms with E-state index in [4.69, 9.17) is 31.5 Å². The first-order valence-electron chi connectivity index (χ1n) is 8.88. The molecular weight excluding hydrogens is 453 g/mol. The minimum absolute atomic E-state index is 0.0485. The normalized spacial score (nSPS) is 22.0. The van der Waals surface area contributed by atoms with Crippen LogP contribution in [0.2, 0.25) is 5.02 Å². The number of benzene rings is 2. The van der Waals surface area contributed by atoms with Crippen molar-refractivity contribution in [2.75, 3.05) is 20.4 Å². The number of aliphatic hydroxyl groups is 1. The Hall–Kier alpha value is -1.22. The number of halogens is 3. The van der Waals surface area contributed by atoms with Crippen LogP contribution >= 0.6 is 27.5 Å². The van der Waals surface area contributed by atoms with Gasteiger partial charge in [0.15, 0.2) is 5.60 Å². The third kappa shape index (κ3) is 3.67. The maximum Gasteiger partial charge on any atom is 0.190 e. The predicted octanol–water partition coefficient (Wildman–Crippen LogP) is 4.29. The number of nitrogens with two attached hydrogens (primary N) is 1. The van der Waals surface area contributed by atoms with Crippen molar-refractivity contribution in [2.24, 2.45) is 5.73 Å². The lowest BCUT2D eigenvalue weighted by atomic mass is 9.80. The summed E-state index contributed by atoms with van der Waals surface area (Å²) in [6.07, 6.45) is -0.797. The van der Waals surface area contributed by atoms with Crippen molar-refractivity contribution >= 4 is 27.5 Å². The summed E-state index contributed by atoms with van der Waals surface area (Å²) < 4.78 is 32.0. The van der Waals surface area contributed by atoms with E-state index >= 15 is 0 Å². The largest absolute Gasteiger partial charge is 0.476 e. The van der Waals surface area contributed by atoms with E-state index in [0.29, 0.717) is 35.0 Å². The topological polar surface area (TPSA) is 73.9 Å². The molecule has 3 rings (SSSR count). The third-order valence-electron chi connectivity index (χ3n) is 4.85. The van der Waals surface area contributed by atoms with Gasteiger partial charge in [-0.05, 0) is 35.3 Å². The lowest BCUT2D eigenvalue weighted by Gasteiger charge is -2.39. The first kappa shape index (κ1) is 21.5. The number of aliphatic hydroxyl groups excluding tert-OH is 1. The summed E-state index contributed by atoms with van der Waals surface area (Å²) in [7, 11) is 1.50. The number of hydrogen-bond acceptors (Lipinski definition) is 5. The summed E-state index contributed by atoms with van der Waals surface area (Å²) in [4.78, 5) is 0. The second kappa shape index (κ2) is 9.07. The molecule has 8 heteroatoms. The van der Waals surface area contributed by atoms with Gasteiger partial charge < -0.3 is 25.1 Å². The predicted molar refractivity (Wildman–Crippen MR) is 108 cm³/mol. The average molecular weight is 475 g/mol. The molecule has 0 amide bonds. The molecule has 0 saturated carbocycles. The van der Waals surface area contributed by atoms with Crippen LogP contribution in [0.25, 0.3) is 0 Å². The Bertz CT molecular complexity index is 826. The minimum Gasteiger partial charge on any atom is -0.476 e. The van der Waals surface area contributed by atoms with E-state index in [2.05, 4.69) is 15.9 Å². The molecular formula is C20H22BrClFNO4. The molecule has 5 nitrogen and oxygen atoms in total. The zero-order chi connectivity index (χ0) is 20.3. The zero-order valence-corrected chi connectivity index (χ0v) is 17.7. The molecule has 0 fully saturated rings. The average Bonchev–Trinajstić information content (AvgIpc) is 3.04. The Balaban J connectivity index is 2.20. The minimum atomic E-state index is -1.31. The van der Waals surface area contributed by atoms with Crippen LogP contribution in [0.5, 0.6) is 5.75 Å². The second-order valence-corrected chi connectivity index (χ2v) is 7.73. The number of ether oxygens (including phenoxy) is 3. The monoisotopic (exact) mass is 473 g/mol. The Morgan fingerprint density at radius 2 is 2.11 bits per heavy atom. The van der Waals surface area contributed by atoms with Crippen molar-refractivity contribution < 1.29 is 23.7 Å². The highest BCUT2D eigenvalue weighted by Crippen LogP contribution is 2.57. The van der Waals surface area contributed by atoms with Gasteiger partial charge in [-0.3, -0.25) is 0 Å². The van der Waals surface area contributed by atoms with Gasteiger partial charge in [0.2, 0.25) is 0 Å². The van der Waals surface area contributed by atoms with Gasteiger partial charge in [-0.25, -0.2) is 4.39 Å². The standard InChI is InChI=1S/C20H22BrClFNO4/c1-26-11-27-19-16-14(10-13(23)18(22)17(16)21)28-20(19,15(25)8-5-9-24)12-6-3-2-4-7-12/h2-4,6-7,10,15,19,25H,5,8-9,11,24H2,1H3/t15?,19-,20-/m0/s1. The second-order valence-electron chi connectivity index (χ2n) is 6.56. The number of hydrogen-bond donors (Lipinski definition) is 2. The summed E-state index contributed by atoms with van der Waals surface area (Å²) in [6.45, 7) is 0.371. The van der Waals surface area contributed by atoms with Gasteiger partial charge in [0.05, 0.1) is 5.02 Å². The maximum absolute atomic E-state index is 14.3. The van der Waals surface area contributed by atoms with Gasteiger partial charge in [-0.15, -0.1) is 0 Å². The lowest BCUT2D eigenvalue weighted by Crippen LogP contribution is -2.47. The first-order valence-corrected chi connectivity index (χ1v) is 10.0. The molecule has 1 aliphatic rings. The molecule has 0 spiro atoms. The van der Waals surface area contributed by atoms with Gasteiger partial charge in [-0.2, -0.15) is 0 Å². The van der Waals surface area contributed by atoms with Crippen LogP contribution in [0.4, 0.5) is 4.39 Å². The lowest BCUT2D eigenvalue weighted by molar-refractivity contribution is -0.174. The molecule has 0 aromatic heterocycles. The first-order chi connectivity index (χ1) is 13.5. The van der Waals surface area contributed by atoms with E-state index in [-0.39, 0.29) is 17.6 Å². The van der Waals surface area contributed by atoms with Gasteiger partial charge in [0.25, 0.3) is 0 Å². The van der Waals surface area contributed by atoms with E-state index < -0.39 is 23.6 Å². The van der Waals surface area contributed by atoms with E-state index in [1.807, 2.05) is 30.3 Å². The molecule has 1 aliphatic heterocycles. The van der Waals surface area contributed by atoms with Gasteiger partial charge in [0, 0.05) is 28.8 Å². The van der Waals surface area contributed by atoms with Crippen LogP contribution in [0.3, 0.4) is 0 Å². The van der Waals surface area contributed by atoms with E-state index in [1.165, 1.54) is 13.2 Å². The molecule has 28 heavy (non-hydrogen) atoms. The van der Waals surface area contributed by atoms with Crippen molar-refractivity contribution in [1.29, 1.82) is 0 Å². The number of fused-ring (bicyclic) bond motifs is 1. The molecule has 0 radical (unpaired) electrons. The van der Waals surface area contributed by atoms with Crippen LogP contribution in [0, 0.1) is 5.82 Å². The van der Waals surface area contributed by atoms with Crippen molar-refractivity contribution in [3.63, 3.8) is 0 Å². The smallest absolute Gasteiger partial charge is 0.190 e. The fraction of sp³-hybridized carbons (Fsp3) is 0.400. The quantitative estimate of drug-likeness (QED) is 0.441. The van der Waals surface area contributed by atoms with Gasteiger partial charge >= 0.3 is 0 Å². The molecule has 2 aromatic carbocycles. The van der Waals surface area contributed by atoms with Crippen molar-refractivity contribution in [2.45, 2.75) is 30.7 Å². The van der Waals surface area contributed by atoms with Crippen molar-refractivity contribution in [3.8, 4) is 5.75 Å². The summed E-state index contributed by atoms with van der Waals surface area (Å²) in [5, 5.41) is 11.1. The van der Waals surface area contributed by atoms with Crippen molar-refractivity contribution in [3.05, 3.63) is 62.8 Å². The highest BCUT2D eigenvalue weighted by Gasteiger charge is 2.56. The van der Waals surface area contributed by atoms with Crippen LogP contribution in [0.1, 0.15) is 30.1 Å². The van der Waals surface area contributed by atoms with Crippen molar-refractivity contribution in [1.82, 2.24) is 0 Å². The number of methoxy groups -OCH3 is 1. The zero-order valence-electron chi connectivity index (χ0n) is 15.3. The Labute approximate surface area is 176 Å². The molecule has 0 aliphatic carbocycles. The van der Waals surface area contributed by atoms with E-state index in [1.54, 1.807) is 0 Å². The highest BCUT2D eigenvalue weighted by molar-refractivity contribution is 9.10. The summed E-state index contributed by atoms with van der Waals surface area (Å²) in [5.41, 5.74) is 5.56. The molecule has 3 N–H and O–H groups in total. The Morgan fingerprint density at radius 3 is 2.75 bits per heavy atom. The SMILES string of the molecule is COCO[C@H]1c2c(cc(F)c(Cl)c2Br)O[C@@]1(c1ccccc1)C(O)CCCN. The number of rotatable bonds is 8. The molecule has 1 unspecified atom stereocenters. The summed E-state index contributed by atoms with van der Waals surface area (Å²) in [5.74, 6) is -0.372. The van der Waals surface area contributed by atoms with Crippen LogP contribution < -0.4 is 10.5 Å². The molecule has 1 heterocycles. The summed E-state index contributed by atoms with van der Waals surface area (Å²) >= 11 is 9.49. The Morgan fingerprint density at radius 1 is 1.39 bits per heavy atom.